The van der Waals surface area contributed by atoms with E-state index < -0.39 is 6.10 Å². The molecule has 0 aliphatic heterocycles. The lowest BCUT2D eigenvalue weighted by molar-refractivity contribution is -0.167. The van der Waals surface area contributed by atoms with Crippen molar-refractivity contribution in [2.24, 2.45) is 0 Å². The number of allylic oxidation sites excluding steroid dienone is 16. The maximum Gasteiger partial charge on any atom is 0.306 e. The normalized spacial score (nSPS) is 12.9. The van der Waals surface area contributed by atoms with Gasteiger partial charge < -0.3 is 14.2 Å². The molecule has 0 aromatic rings. The number of esters is 3. The van der Waals surface area contributed by atoms with Crippen LogP contribution in [0.2, 0.25) is 0 Å². The van der Waals surface area contributed by atoms with E-state index in [1.165, 1.54) is 103 Å². The molecule has 64 heavy (non-hydrogen) atoms. The Morgan fingerprint density at radius 3 is 1.11 bits per heavy atom. The largest absolute Gasteiger partial charge is 0.462 e. The van der Waals surface area contributed by atoms with Gasteiger partial charge in [-0.2, -0.15) is 0 Å². The van der Waals surface area contributed by atoms with Crippen LogP contribution in [-0.4, -0.2) is 37.2 Å². The summed E-state index contributed by atoms with van der Waals surface area (Å²) in [4.78, 5) is 38.0. The molecule has 0 aliphatic carbocycles. The molecule has 6 nitrogen and oxygen atoms in total. The van der Waals surface area contributed by atoms with Gasteiger partial charge in [-0.25, -0.2) is 0 Å². The highest BCUT2D eigenvalue weighted by molar-refractivity contribution is 5.71. The minimum atomic E-state index is -0.816. The van der Waals surface area contributed by atoms with Crippen LogP contribution in [0.4, 0.5) is 0 Å². The van der Waals surface area contributed by atoms with Crippen molar-refractivity contribution in [3.05, 3.63) is 97.2 Å². The fourth-order valence-electron chi connectivity index (χ4n) is 6.99. The first kappa shape index (κ1) is 60.3. The summed E-state index contributed by atoms with van der Waals surface area (Å²) >= 11 is 0. The lowest BCUT2D eigenvalue weighted by atomic mass is 10.1. The molecule has 0 saturated heterocycles. The first-order valence-corrected chi connectivity index (χ1v) is 26.3. The summed E-state index contributed by atoms with van der Waals surface area (Å²) in [5.74, 6) is -1.01. The number of ether oxygens (including phenoxy) is 3. The van der Waals surface area contributed by atoms with E-state index in [9.17, 15) is 14.4 Å². The molecule has 6 heteroatoms. The first-order chi connectivity index (χ1) is 31.5. The second-order valence-electron chi connectivity index (χ2n) is 17.2. The van der Waals surface area contributed by atoms with Gasteiger partial charge in [-0.3, -0.25) is 14.4 Å². The Morgan fingerprint density at radius 2 is 0.641 bits per heavy atom. The molecule has 0 rings (SSSR count). The predicted molar refractivity (Wildman–Crippen MR) is 274 cm³/mol. The standard InChI is InChI=1S/C58H96O6/c1-4-7-10-13-16-19-22-25-27-28-29-31-33-36-39-42-45-48-51-57(60)63-54-55(53-62-56(59)50-47-44-41-38-35-32-24-21-18-15-12-9-6-3)64-58(61)52-49-46-43-40-37-34-30-26-23-20-17-14-11-8-5-2/h9,12,15,17-18,20-21,23-24,26,29,31-32,35,38,41,55H,4-8,10-11,13-14,16,19,22,25,27-28,30,33-34,36-37,39-40,42-54H2,1-3H3/b12-9-,18-15-,20-17-,24-21-,26-23-,31-29-,35-32-,41-38-. The highest BCUT2D eigenvalue weighted by Gasteiger charge is 2.19. The molecule has 0 bridgehead atoms. The highest BCUT2D eigenvalue weighted by Crippen LogP contribution is 2.14. The number of hydrogen-bond donors (Lipinski definition) is 0. The molecular weight excluding hydrogens is 793 g/mol. The van der Waals surface area contributed by atoms with Crippen molar-refractivity contribution in [2.75, 3.05) is 13.2 Å². The summed E-state index contributed by atoms with van der Waals surface area (Å²) in [5.41, 5.74) is 0. The molecule has 0 amide bonds. The van der Waals surface area contributed by atoms with Crippen LogP contribution in [0.1, 0.15) is 233 Å². The molecule has 1 atom stereocenters. The van der Waals surface area contributed by atoms with Crippen molar-refractivity contribution in [3.63, 3.8) is 0 Å². The fourth-order valence-corrected chi connectivity index (χ4v) is 6.99. The Kier molecular flexibility index (Phi) is 49.0. The molecule has 0 aromatic heterocycles. The first-order valence-electron chi connectivity index (χ1n) is 26.3. The number of hydrogen-bond acceptors (Lipinski definition) is 6. The molecule has 0 saturated carbocycles. The van der Waals surface area contributed by atoms with Crippen molar-refractivity contribution in [3.8, 4) is 0 Å². The van der Waals surface area contributed by atoms with Crippen LogP contribution in [0.25, 0.3) is 0 Å². The summed E-state index contributed by atoms with van der Waals surface area (Å²) < 4.78 is 16.7. The van der Waals surface area contributed by atoms with Gasteiger partial charge in [0, 0.05) is 19.3 Å². The van der Waals surface area contributed by atoms with E-state index >= 15 is 0 Å². The molecule has 1 unspecified atom stereocenters. The molecule has 0 heterocycles. The van der Waals surface area contributed by atoms with E-state index in [1.807, 2.05) is 54.7 Å². The fraction of sp³-hybridized carbons (Fsp3) is 0.672. The summed E-state index contributed by atoms with van der Waals surface area (Å²) in [6, 6.07) is 0. The van der Waals surface area contributed by atoms with Crippen LogP contribution >= 0.6 is 0 Å². The van der Waals surface area contributed by atoms with Crippen molar-refractivity contribution in [1.29, 1.82) is 0 Å². The molecule has 0 aliphatic rings. The number of rotatable bonds is 46. The van der Waals surface area contributed by atoms with E-state index in [-0.39, 0.29) is 37.5 Å². The van der Waals surface area contributed by atoms with Crippen molar-refractivity contribution in [1.82, 2.24) is 0 Å². The summed E-state index contributed by atoms with van der Waals surface area (Å²) in [6.45, 7) is 6.38. The molecule has 0 radical (unpaired) electrons. The third kappa shape index (κ3) is 49.3. The van der Waals surface area contributed by atoms with Crippen molar-refractivity contribution >= 4 is 17.9 Å². The van der Waals surface area contributed by atoms with Gasteiger partial charge in [0.05, 0.1) is 0 Å². The lowest BCUT2D eigenvalue weighted by Gasteiger charge is -2.18. The van der Waals surface area contributed by atoms with Crippen LogP contribution in [-0.2, 0) is 28.6 Å². The quantitative estimate of drug-likeness (QED) is 0.0199. The van der Waals surface area contributed by atoms with Gasteiger partial charge in [-0.1, -0.05) is 227 Å². The monoisotopic (exact) mass is 889 g/mol. The molecular formula is C58H96O6. The Bertz CT molecular complexity index is 1300. The summed E-state index contributed by atoms with van der Waals surface area (Å²) in [5, 5.41) is 0. The third-order valence-electron chi connectivity index (χ3n) is 10.9. The summed E-state index contributed by atoms with van der Waals surface area (Å²) in [7, 11) is 0. The van der Waals surface area contributed by atoms with Crippen LogP contribution in [0, 0.1) is 0 Å². The zero-order chi connectivity index (χ0) is 46.5. The molecule has 0 aromatic carbocycles. The number of carbonyl (C=O) groups excluding carboxylic acids is 3. The van der Waals surface area contributed by atoms with E-state index in [1.54, 1.807) is 0 Å². The van der Waals surface area contributed by atoms with E-state index in [2.05, 4.69) is 63.3 Å². The Labute approximate surface area is 394 Å². The van der Waals surface area contributed by atoms with Gasteiger partial charge in [0.1, 0.15) is 13.2 Å². The molecule has 0 spiro atoms. The van der Waals surface area contributed by atoms with Crippen molar-refractivity contribution in [2.45, 2.75) is 239 Å². The Hall–Kier alpha value is -3.67. The highest BCUT2D eigenvalue weighted by atomic mass is 16.6. The van der Waals surface area contributed by atoms with Crippen LogP contribution < -0.4 is 0 Å². The van der Waals surface area contributed by atoms with Gasteiger partial charge in [-0.15, -0.1) is 0 Å². The Morgan fingerprint density at radius 1 is 0.328 bits per heavy atom. The van der Waals surface area contributed by atoms with Gasteiger partial charge in [0.15, 0.2) is 6.10 Å². The summed E-state index contributed by atoms with van der Waals surface area (Å²) in [6.07, 6.45) is 68.3. The zero-order valence-corrected chi connectivity index (χ0v) is 41.5. The van der Waals surface area contributed by atoms with Gasteiger partial charge in [0.2, 0.25) is 0 Å². The second kappa shape index (κ2) is 52.0. The van der Waals surface area contributed by atoms with E-state index in [0.29, 0.717) is 19.3 Å². The average Bonchev–Trinajstić information content (AvgIpc) is 3.29. The zero-order valence-electron chi connectivity index (χ0n) is 41.5. The SMILES string of the molecule is CC\C=C/C=C\C=C/C=C\C=C/CCCC(=O)OCC(COC(=O)CCCCCCC/C=C\CCCCCCCCCCC)OC(=O)CCCCCCCC/C=C\C=C/CCCCC. The van der Waals surface area contributed by atoms with E-state index in [0.717, 1.165) is 83.5 Å². The number of carbonyl (C=O) groups is 3. The average molecular weight is 889 g/mol. The number of unbranched alkanes of at least 4 members (excludes halogenated alkanes) is 24. The third-order valence-corrected chi connectivity index (χ3v) is 10.9. The predicted octanol–water partition coefficient (Wildman–Crippen LogP) is 17.4. The molecule has 364 valence electrons. The van der Waals surface area contributed by atoms with Gasteiger partial charge >= 0.3 is 17.9 Å². The smallest absolute Gasteiger partial charge is 0.306 e. The van der Waals surface area contributed by atoms with Gasteiger partial charge in [-0.05, 0) is 83.5 Å². The van der Waals surface area contributed by atoms with Crippen LogP contribution in [0.3, 0.4) is 0 Å². The van der Waals surface area contributed by atoms with E-state index in [4.69, 9.17) is 14.2 Å². The second-order valence-corrected chi connectivity index (χ2v) is 17.2. The maximum absolute atomic E-state index is 12.8. The Balaban J connectivity index is 4.49. The van der Waals surface area contributed by atoms with Crippen LogP contribution in [0.15, 0.2) is 97.2 Å². The minimum Gasteiger partial charge on any atom is -0.462 e. The topological polar surface area (TPSA) is 78.9 Å². The van der Waals surface area contributed by atoms with Crippen LogP contribution in [0.5, 0.6) is 0 Å². The van der Waals surface area contributed by atoms with Crippen molar-refractivity contribution < 1.29 is 28.6 Å². The minimum absolute atomic E-state index is 0.110. The maximum atomic E-state index is 12.8. The molecule has 0 fully saturated rings. The molecule has 0 N–H and O–H groups in total. The van der Waals surface area contributed by atoms with Gasteiger partial charge in [0.25, 0.3) is 0 Å². The lowest BCUT2D eigenvalue weighted by Crippen LogP contribution is -2.30.